The van der Waals surface area contributed by atoms with E-state index in [1.54, 1.807) is 0 Å². The molecule has 1 unspecified atom stereocenters. The molecule has 0 spiro atoms. The fraction of sp³-hybridized carbons (Fsp3) is 0.900. The van der Waals surface area contributed by atoms with Crippen LogP contribution in [0.1, 0.15) is 27.2 Å². The Labute approximate surface area is 101 Å². The maximum Gasteiger partial charge on any atom is 0.293 e. The van der Waals surface area contributed by atoms with Crippen LogP contribution in [0.25, 0.3) is 10.4 Å². The smallest absolute Gasteiger partial charge is 0.293 e. The first kappa shape index (κ1) is 15.7. The Bertz CT molecular complexity index is 276. The van der Waals surface area contributed by atoms with Gasteiger partial charge in [0.15, 0.2) is 0 Å². The second-order valence-electron chi connectivity index (χ2n) is 4.87. The fourth-order valence-electron chi connectivity index (χ4n) is 1.17. The molecular weight excluding hydrogens is 224 g/mol. The predicted octanol–water partition coefficient (Wildman–Crippen LogP) is 0.979. The first-order valence-corrected chi connectivity index (χ1v) is 5.38. The first-order chi connectivity index (χ1) is 7.83. The van der Waals surface area contributed by atoms with Crippen LogP contribution in [0.15, 0.2) is 5.11 Å². The van der Waals surface area contributed by atoms with Crippen molar-refractivity contribution in [1.82, 2.24) is 5.32 Å². The third-order valence-corrected chi connectivity index (χ3v) is 2.05. The highest BCUT2D eigenvalue weighted by Crippen LogP contribution is 2.13. The molecule has 1 heterocycles. The Hall–Kier alpha value is -1.30. The number of nitrogens with zero attached hydrogens (tertiary/aromatic N) is 3. The average molecular weight is 244 g/mol. The summed E-state index contributed by atoms with van der Waals surface area (Å²) in [6.07, 6.45) is 0.673. The van der Waals surface area contributed by atoms with Crippen LogP contribution < -0.4 is 5.32 Å². The van der Waals surface area contributed by atoms with Crippen molar-refractivity contribution in [3.8, 4) is 0 Å². The fourth-order valence-corrected chi connectivity index (χ4v) is 1.17. The van der Waals surface area contributed by atoms with E-state index in [9.17, 15) is 9.90 Å². The Morgan fingerprint density at radius 1 is 1.65 bits per heavy atom. The molecule has 2 N–H and O–H groups in total. The number of aliphatic hydroxyl groups is 1. The van der Waals surface area contributed by atoms with Crippen molar-refractivity contribution in [2.45, 2.75) is 38.4 Å². The van der Waals surface area contributed by atoms with Crippen molar-refractivity contribution < 1.29 is 14.6 Å². The maximum atomic E-state index is 9.60. The lowest BCUT2D eigenvalue weighted by atomic mass is 10.0. The summed E-state index contributed by atoms with van der Waals surface area (Å²) in [4.78, 5) is 12.2. The number of azide groups is 1. The molecule has 0 aliphatic carbocycles. The molecule has 7 heteroatoms. The lowest BCUT2D eigenvalue weighted by Crippen LogP contribution is -2.34. The summed E-state index contributed by atoms with van der Waals surface area (Å²) < 4.78 is 4.55. The number of carbonyl (C=O) groups is 1. The number of hydrogen-bond donors (Lipinski definition) is 2. The number of β-amino-alcohol motifs (C(OH)–C–C–N with tert-alkyl or cyclic N) is 1. The number of carbonyl (C=O) groups excluding carboxylic acids is 1. The Kier molecular flexibility index (Phi) is 6.57. The minimum atomic E-state index is -0.785. The largest absolute Gasteiger partial charge is 0.462 e. The van der Waals surface area contributed by atoms with Crippen LogP contribution in [0.4, 0.5) is 0 Å². The molecule has 1 fully saturated rings. The van der Waals surface area contributed by atoms with Gasteiger partial charge in [0.05, 0.1) is 12.1 Å². The molecule has 7 nitrogen and oxygen atoms in total. The van der Waals surface area contributed by atoms with Crippen molar-refractivity contribution in [2.75, 3.05) is 19.6 Å². The normalized spacial score (nSPS) is 23.1. The van der Waals surface area contributed by atoms with E-state index in [1.165, 1.54) is 0 Å². The molecule has 0 bridgehead atoms. The standard InChI is InChI=1S/C5H10N4O.C5H10O2/c6-9-8-4-5(10)1-2-7-3-5;1-5(2,3)7-4-6/h7,10H,1-4H2;4H,1-3H3. The molecule has 0 aromatic carbocycles. The van der Waals surface area contributed by atoms with Crippen molar-refractivity contribution in [1.29, 1.82) is 0 Å². The van der Waals surface area contributed by atoms with Crippen molar-refractivity contribution >= 4 is 6.47 Å². The van der Waals surface area contributed by atoms with Gasteiger partial charge in [-0.3, -0.25) is 4.79 Å². The highest BCUT2D eigenvalue weighted by Gasteiger charge is 2.29. The van der Waals surface area contributed by atoms with Gasteiger partial charge in [-0.05, 0) is 39.3 Å². The van der Waals surface area contributed by atoms with Gasteiger partial charge in [-0.15, -0.1) is 0 Å². The van der Waals surface area contributed by atoms with Gasteiger partial charge in [-0.2, -0.15) is 0 Å². The molecule has 1 rings (SSSR count). The Morgan fingerprint density at radius 2 is 2.29 bits per heavy atom. The van der Waals surface area contributed by atoms with Crippen LogP contribution >= 0.6 is 0 Å². The van der Waals surface area contributed by atoms with Gasteiger partial charge in [0, 0.05) is 11.5 Å². The summed E-state index contributed by atoms with van der Waals surface area (Å²) in [7, 11) is 0. The molecule has 1 aliphatic rings. The number of ether oxygens (including phenoxy) is 1. The number of rotatable bonds is 3. The molecule has 0 amide bonds. The second-order valence-corrected chi connectivity index (χ2v) is 4.87. The molecular formula is C10H20N4O3. The van der Waals surface area contributed by atoms with E-state index in [-0.39, 0.29) is 12.1 Å². The number of hydrogen-bond acceptors (Lipinski definition) is 5. The van der Waals surface area contributed by atoms with Crippen LogP contribution in [0, 0.1) is 0 Å². The highest BCUT2D eigenvalue weighted by atomic mass is 16.5. The molecule has 98 valence electrons. The van der Waals surface area contributed by atoms with Crippen molar-refractivity contribution in [3.05, 3.63) is 10.4 Å². The number of nitrogens with one attached hydrogen (secondary N) is 1. The van der Waals surface area contributed by atoms with E-state index in [1.807, 2.05) is 20.8 Å². The highest BCUT2D eigenvalue weighted by molar-refractivity contribution is 5.37. The van der Waals surface area contributed by atoms with E-state index in [0.717, 1.165) is 6.54 Å². The summed E-state index contributed by atoms with van der Waals surface area (Å²) >= 11 is 0. The maximum absolute atomic E-state index is 9.60. The van der Waals surface area contributed by atoms with E-state index in [2.05, 4.69) is 20.1 Å². The molecule has 1 aliphatic heterocycles. The summed E-state index contributed by atoms with van der Waals surface area (Å²) in [6.45, 7) is 7.43. The average Bonchev–Trinajstić information content (AvgIpc) is 2.62. The quantitative estimate of drug-likeness (QED) is 0.334. The zero-order valence-corrected chi connectivity index (χ0v) is 10.5. The van der Waals surface area contributed by atoms with Gasteiger partial charge >= 0.3 is 0 Å². The molecule has 0 aromatic heterocycles. The van der Waals surface area contributed by atoms with Gasteiger partial charge in [0.25, 0.3) is 6.47 Å². The van der Waals surface area contributed by atoms with Gasteiger partial charge in [-0.25, -0.2) is 0 Å². The first-order valence-electron chi connectivity index (χ1n) is 5.38. The summed E-state index contributed by atoms with van der Waals surface area (Å²) in [5.41, 5.74) is 6.86. The van der Waals surface area contributed by atoms with Gasteiger partial charge < -0.3 is 15.2 Å². The van der Waals surface area contributed by atoms with Crippen molar-refractivity contribution in [3.63, 3.8) is 0 Å². The monoisotopic (exact) mass is 244 g/mol. The second kappa shape index (κ2) is 7.11. The summed E-state index contributed by atoms with van der Waals surface area (Å²) in [6, 6.07) is 0. The zero-order chi connectivity index (χ0) is 13.4. The lowest BCUT2D eigenvalue weighted by Gasteiger charge is -2.16. The Balaban J connectivity index is 0.000000325. The predicted molar refractivity (Wildman–Crippen MR) is 63.4 cm³/mol. The SMILES string of the molecule is CC(C)(C)OC=O.[N-]=[N+]=NCC1(O)CCNC1. The van der Waals surface area contributed by atoms with Crippen LogP contribution in [0.5, 0.6) is 0 Å². The molecule has 0 saturated carbocycles. The lowest BCUT2D eigenvalue weighted by molar-refractivity contribution is -0.138. The van der Waals surface area contributed by atoms with Crippen LogP contribution in [0.2, 0.25) is 0 Å². The molecule has 17 heavy (non-hydrogen) atoms. The van der Waals surface area contributed by atoms with Crippen LogP contribution in [0.3, 0.4) is 0 Å². The van der Waals surface area contributed by atoms with Gasteiger partial charge in [0.2, 0.25) is 0 Å². The summed E-state index contributed by atoms with van der Waals surface area (Å²) in [5, 5.41) is 15.8. The van der Waals surface area contributed by atoms with E-state index in [0.29, 0.717) is 19.4 Å². The minimum Gasteiger partial charge on any atom is -0.462 e. The van der Waals surface area contributed by atoms with Gasteiger partial charge in [-0.1, -0.05) is 5.11 Å². The van der Waals surface area contributed by atoms with E-state index >= 15 is 0 Å². The van der Waals surface area contributed by atoms with Crippen molar-refractivity contribution in [2.24, 2.45) is 5.11 Å². The van der Waals surface area contributed by atoms with Gasteiger partial charge in [0.1, 0.15) is 5.60 Å². The van der Waals surface area contributed by atoms with Crippen LogP contribution in [-0.4, -0.2) is 42.4 Å². The van der Waals surface area contributed by atoms with E-state index in [4.69, 9.17) is 5.53 Å². The zero-order valence-electron chi connectivity index (χ0n) is 10.5. The molecule has 0 aromatic rings. The Morgan fingerprint density at radius 3 is 2.59 bits per heavy atom. The molecule has 1 atom stereocenters. The molecule has 1 saturated heterocycles. The van der Waals surface area contributed by atoms with Crippen LogP contribution in [-0.2, 0) is 9.53 Å². The third-order valence-electron chi connectivity index (χ3n) is 2.05. The third kappa shape index (κ3) is 8.50. The minimum absolute atomic E-state index is 0.177. The topological polar surface area (TPSA) is 107 Å². The molecule has 0 radical (unpaired) electrons. The van der Waals surface area contributed by atoms with E-state index < -0.39 is 5.60 Å². The summed E-state index contributed by atoms with van der Waals surface area (Å²) in [5.74, 6) is 0.